The van der Waals surface area contributed by atoms with Crippen molar-refractivity contribution in [2.75, 3.05) is 0 Å². The minimum Gasteiger partial charge on any atom is -0.434 e. The molecule has 1 atom stereocenters. The van der Waals surface area contributed by atoms with Crippen molar-refractivity contribution in [2.24, 2.45) is 0 Å². The van der Waals surface area contributed by atoms with Crippen molar-refractivity contribution < 1.29 is 18.6 Å². The highest BCUT2D eigenvalue weighted by atomic mass is 32.1. The molecule has 0 radical (unpaired) electrons. The molecule has 108 valence electrons. The number of rotatable bonds is 4. The summed E-state index contributed by atoms with van der Waals surface area (Å²) in [6, 6.07) is 14.0. The molecule has 2 aromatic carbocycles. The monoisotopic (exact) mass is 306 g/mol. The van der Waals surface area contributed by atoms with E-state index in [2.05, 4.69) is 4.74 Å². The van der Waals surface area contributed by atoms with Crippen LogP contribution in [-0.4, -0.2) is 11.7 Å². The first kappa shape index (κ1) is 14.0. The highest BCUT2D eigenvalue weighted by molar-refractivity contribution is 7.17. The molecule has 3 rings (SSSR count). The van der Waals surface area contributed by atoms with Crippen LogP contribution < -0.4 is 4.74 Å². The molecule has 0 aliphatic carbocycles. The van der Waals surface area contributed by atoms with Crippen LogP contribution in [0.15, 0.2) is 53.9 Å². The molecule has 0 fully saturated rings. The van der Waals surface area contributed by atoms with E-state index in [0.717, 1.165) is 10.1 Å². The molecule has 1 aromatic heterocycles. The fraction of sp³-hybridized carbons (Fsp3) is 0.125. The van der Waals surface area contributed by atoms with Crippen molar-refractivity contribution in [3.8, 4) is 5.75 Å². The van der Waals surface area contributed by atoms with Crippen LogP contribution in [0.2, 0.25) is 0 Å². The van der Waals surface area contributed by atoms with Gasteiger partial charge in [0.05, 0.1) is 0 Å². The Labute approximate surface area is 124 Å². The van der Waals surface area contributed by atoms with Crippen LogP contribution >= 0.6 is 11.3 Å². The first-order valence-electron chi connectivity index (χ1n) is 6.35. The number of alkyl halides is 2. The smallest absolute Gasteiger partial charge is 0.387 e. The van der Waals surface area contributed by atoms with Crippen LogP contribution in [0.5, 0.6) is 5.75 Å². The van der Waals surface area contributed by atoms with Crippen molar-refractivity contribution in [1.29, 1.82) is 0 Å². The van der Waals surface area contributed by atoms with Gasteiger partial charge in [0.2, 0.25) is 0 Å². The van der Waals surface area contributed by atoms with Crippen molar-refractivity contribution in [3.05, 3.63) is 65.0 Å². The molecule has 0 saturated heterocycles. The number of fused-ring (bicyclic) bond motifs is 1. The maximum absolute atomic E-state index is 12.5. The molecule has 0 aliphatic heterocycles. The lowest BCUT2D eigenvalue weighted by atomic mass is 10.00. The van der Waals surface area contributed by atoms with Crippen LogP contribution in [0, 0.1) is 0 Å². The number of halogens is 2. The molecule has 1 N–H and O–H groups in total. The van der Waals surface area contributed by atoms with E-state index >= 15 is 0 Å². The van der Waals surface area contributed by atoms with Crippen molar-refractivity contribution in [3.63, 3.8) is 0 Å². The fourth-order valence-corrected chi connectivity index (χ4v) is 3.27. The van der Waals surface area contributed by atoms with E-state index in [4.69, 9.17) is 0 Å². The highest BCUT2D eigenvalue weighted by Crippen LogP contribution is 2.37. The first-order valence-corrected chi connectivity index (χ1v) is 7.22. The summed E-state index contributed by atoms with van der Waals surface area (Å²) in [4.78, 5) is 0. The molecule has 3 aromatic rings. The Morgan fingerprint density at radius 1 is 0.952 bits per heavy atom. The summed E-state index contributed by atoms with van der Waals surface area (Å²) in [6.45, 7) is -2.92. The predicted molar refractivity (Wildman–Crippen MR) is 79.0 cm³/mol. The predicted octanol–water partition coefficient (Wildman–Crippen LogP) is 4.58. The average Bonchev–Trinajstić information content (AvgIpc) is 2.90. The number of ether oxygens (including phenoxy) is 1. The normalized spacial score (nSPS) is 12.8. The van der Waals surface area contributed by atoms with Crippen molar-refractivity contribution in [1.82, 2.24) is 0 Å². The number of thiophene rings is 1. The van der Waals surface area contributed by atoms with E-state index in [1.165, 1.54) is 17.4 Å². The molecule has 21 heavy (non-hydrogen) atoms. The minimum atomic E-state index is -2.92. The minimum absolute atomic E-state index is 0.00437. The van der Waals surface area contributed by atoms with Gasteiger partial charge in [-0.3, -0.25) is 0 Å². The second-order valence-electron chi connectivity index (χ2n) is 4.51. The largest absolute Gasteiger partial charge is 0.434 e. The SMILES string of the molecule is OC(c1ccccc1OC(F)F)c1csc2ccccc12. The molecule has 0 spiro atoms. The van der Waals surface area contributed by atoms with Gasteiger partial charge in [-0.25, -0.2) is 0 Å². The number of benzene rings is 2. The van der Waals surface area contributed by atoms with Crippen molar-refractivity contribution >= 4 is 21.4 Å². The van der Waals surface area contributed by atoms with E-state index in [1.54, 1.807) is 18.2 Å². The third-order valence-electron chi connectivity index (χ3n) is 3.24. The summed E-state index contributed by atoms with van der Waals surface area (Å²) in [5.74, 6) is -0.00437. The number of aliphatic hydroxyl groups excluding tert-OH is 1. The number of para-hydroxylation sites is 1. The van der Waals surface area contributed by atoms with E-state index in [0.29, 0.717) is 11.1 Å². The lowest BCUT2D eigenvalue weighted by Gasteiger charge is -2.15. The van der Waals surface area contributed by atoms with E-state index in [-0.39, 0.29) is 5.75 Å². The van der Waals surface area contributed by atoms with Gasteiger partial charge in [0.25, 0.3) is 0 Å². The molecule has 1 unspecified atom stereocenters. The summed E-state index contributed by atoms with van der Waals surface area (Å²) in [5, 5.41) is 13.3. The number of hydrogen-bond donors (Lipinski definition) is 1. The number of aliphatic hydroxyl groups is 1. The van der Waals surface area contributed by atoms with Gasteiger partial charge in [-0.1, -0.05) is 36.4 Å². The Hall–Kier alpha value is -1.98. The average molecular weight is 306 g/mol. The van der Waals surface area contributed by atoms with Gasteiger partial charge < -0.3 is 9.84 Å². The summed E-state index contributed by atoms with van der Waals surface area (Å²) in [7, 11) is 0. The zero-order valence-electron chi connectivity index (χ0n) is 10.9. The van der Waals surface area contributed by atoms with Gasteiger partial charge in [0.15, 0.2) is 0 Å². The lowest BCUT2D eigenvalue weighted by Crippen LogP contribution is -2.07. The molecule has 0 saturated carbocycles. The zero-order valence-corrected chi connectivity index (χ0v) is 11.7. The van der Waals surface area contributed by atoms with Gasteiger partial charge in [0.1, 0.15) is 11.9 Å². The van der Waals surface area contributed by atoms with Gasteiger partial charge in [-0.2, -0.15) is 8.78 Å². The Morgan fingerprint density at radius 2 is 1.67 bits per heavy atom. The Balaban J connectivity index is 2.04. The van der Waals surface area contributed by atoms with Gasteiger partial charge >= 0.3 is 6.61 Å². The molecule has 1 heterocycles. The van der Waals surface area contributed by atoms with Crippen LogP contribution in [0.4, 0.5) is 8.78 Å². The van der Waals surface area contributed by atoms with Crippen LogP contribution in [0.3, 0.4) is 0 Å². The second-order valence-corrected chi connectivity index (χ2v) is 5.42. The topological polar surface area (TPSA) is 29.5 Å². The van der Waals surface area contributed by atoms with E-state index < -0.39 is 12.7 Å². The van der Waals surface area contributed by atoms with Crippen LogP contribution in [0.25, 0.3) is 10.1 Å². The van der Waals surface area contributed by atoms with E-state index in [1.807, 2.05) is 29.6 Å². The first-order chi connectivity index (χ1) is 10.2. The quantitative estimate of drug-likeness (QED) is 0.764. The Bertz CT molecular complexity index is 755. The zero-order chi connectivity index (χ0) is 14.8. The maximum atomic E-state index is 12.5. The highest BCUT2D eigenvalue weighted by Gasteiger charge is 2.20. The molecular weight excluding hydrogens is 294 g/mol. The Kier molecular flexibility index (Phi) is 3.86. The summed E-state index contributed by atoms with van der Waals surface area (Å²) in [5.41, 5.74) is 1.03. The third-order valence-corrected chi connectivity index (χ3v) is 4.22. The summed E-state index contributed by atoms with van der Waals surface area (Å²) >= 11 is 1.51. The molecule has 0 aliphatic rings. The molecule has 0 amide bonds. The molecule has 2 nitrogen and oxygen atoms in total. The maximum Gasteiger partial charge on any atom is 0.387 e. The van der Waals surface area contributed by atoms with Crippen LogP contribution in [0.1, 0.15) is 17.2 Å². The molecule has 5 heteroatoms. The summed E-state index contributed by atoms with van der Waals surface area (Å²) < 4.78 is 30.4. The third kappa shape index (κ3) is 2.75. The lowest BCUT2D eigenvalue weighted by molar-refractivity contribution is -0.0512. The van der Waals surface area contributed by atoms with Gasteiger partial charge in [0, 0.05) is 15.8 Å². The standard InChI is InChI=1S/C16H12F2O2S/c17-16(18)20-13-7-3-1-6-11(13)15(19)12-9-21-14-8-4-2-5-10(12)14/h1-9,15-16,19H. The molecule has 0 bridgehead atoms. The van der Waals surface area contributed by atoms with E-state index in [9.17, 15) is 13.9 Å². The Morgan fingerprint density at radius 3 is 2.48 bits per heavy atom. The fourth-order valence-electron chi connectivity index (χ4n) is 2.29. The summed E-state index contributed by atoms with van der Waals surface area (Å²) in [6.07, 6.45) is -1.00. The molecular formula is C16H12F2O2S. The van der Waals surface area contributed by atoms with Gasteiger partial charge in [-0.05, 0) is 22.9 Å². The van der Waals surface area contributed by atoms with Gasteiger partial charge in [-0.15, -0.1) is 11.3 Å². The number of hydrogen-bond acceptors (Lipinski definition) is 3. The second kappa shape index (κ2) is 5.79. The van der Waals surface area contributed by atoms with Crippen LogP contribution in [-0.2, 0) is 0 Å². The van der Waals surface area contributed by atoms with Crippen molar-refractivity contribution in [2.45, 2.75) is 12.7 Å².